The van der Waals surface area contributed by atoms with E-state index in [0.29, 0.717) is 5.56 Å². The monoisotopic (exact) mass is 307 g/mol. The van der Waals surface area contributed by atoms with Gasteiger partial charge >= 0.3 is 12.1 Å². The van der Waals surface area contributed by atoms with Crippen LogP contribution in [0, 0.1) is 20.8 Å². The van der Waals surface area contributed by atoms with Gasteiger partial charge in [-0.05, 0) is 63.8 Å². The number of likely N-dealkylation sites (N-methyl/N-ethyl adjacent to an activating group) is 1. The van der Waals surface area contributed by atoms with Crippen molar-refractivity contribution in [1.29, 1.82) is 0 Å². The summed E-state index contributed by atoms with van der Waals surface area (Å²) < 4.78 is 5.27. The van der Waals surface area contributed by atoms with Crippen molar-refractivity contribution in [3.8, 4) is 0 Å². The van der Waals surface area contributed by atoms with Gasteiger partial charge in [0.05, 0.1) is 0 Å². The van der Waals surface area contributed by atoms with Crippen LogP contribution in [0.5, 0.6) is 0 Å². The summed E-state index contributed by atoms with van der Waals surface area (Å²) in [4.78, 5) is 25.0. The van der Waals surface area contributed by atoms with Gasteiger partial charge < -0.3 is 9.84 Å². The lowest BCUT2D eigenvalue weighted by Crippen LogP contribution is -2.40. The second-order valence-corrected chi connectivity index (χ2v) is 6.63. The zero-order valence-electron chi connectivity index (χ0n) is 14.4. The maximum Gasteiger partial charge on any atom is 0.411 e. The molecule has 1 atom stereocenters. The smallest absolute Gasteiger partial charge is 0.411 e. The number of aryl methyl sites for hydroxylation is 3. The van der Waals surface area contributed by atoms with Crippen molar-refractivity contribution < 1.29 is 19.4 Å². The molecule has 122 valence electrons. The lowest BCUT2D eigenvalue weighted by molar-refractivity contribution is -0.143. The van der Waals surface area contributed by atoms with E-state index in [1.54, 1.807) is 20.8 Å². The molecule has 5 nitrogen and oxygen atoms in total. The van der Waals surface area contributed by atoms with E-state index in [2.05, 4.69) is 0 Å². The van der Waals surface area contributed by atoms with E-state index in [0.717, 1.165) is 21.6 Å². The molecule has 5 heteroatoms. The van der Waals surface area contributed by atoms with E-state index in [9.17, 15) is 14.7 Å². The topological polar surface area (TPSA) is 66.8 Å². The molecule has 1 unspecified atom stereocenters. The number of carboxylic acids is 1. The summed E-state index contributed by atoms with van der Waals surface area (Å²) in [6.45, 7) is 11.0. The molecule has 22 heavy (non-hydrogen) atoms. The first kappa shape index (κ1) is 18.0. The van der Waals surface area contributed by atoms with Crippen LogP contribution in [0.1, 0.15) is 49.1 Å². The molecular weight excluding hydrogens is 282 g/mol. The number of amides is 1. The molecule has 0 spiro atoms. The molecule has 0 aliphatic carbocycles. The average Bonchev–Trinajstić information content (AvgIpc) is 2.33. The lowest BCUT2D eigenvalue weighted by Gasteiger charge is -2.29. The number of aliphatic carboxylic acids is 1. The fourth-order valence-corrected chi connectivity index (χ4v) is 2.22. The molecule has 0 aromatic heterocycles. The van der Waals surface area contributed by atoms with Crippen LogP contribution in [0.4, 0.5) is 4.79 Å². The van der Waals surface area contributed by atoms with Gasteiger partial charge in [-0.15, -0.1) is 0 Å². The molecule has 0 aliphatic heterocycles. The number of ether oxygens (including phenoxy) is 1. The van der Waals surface area contributed by atoms with Gasteiger partial charge in [0.25, 0.3) is 0 Å². The normalized spacial score (nSPS) is 12.7. The number of carbonyl (C=O) groups is 2. The molecule has 1 amide bonds. The number of nitrogens with zero attached hydrogens (tertiary/aromatic N) is 1. The van der Waals surface area contributed by atoms with Gasteiger partial charge in [0.15, 0.2) is 6.04 Å². The molecule has 0 saturated heterocycles. The van der Waals surface area contributed by atoms with Crippen molar-refractivity contribution in [1.82, 2.24) is 4.90 Å². The van der Waals surface area contributed by atoms with Crippen molar-refractivity contribution in [2.75, 3.05) is 7.05 Å². The fraction of sp³-hybridized carbons (Fsp3) is 0.529. The zero-order chi connectivity index (χ0) is 17.2. The summed E-state index contributed by atoms with van der Waals surface area (Å²) in [6, 6.07) is 2.68. The first-order valence-electron chi connectivity index (χ1n) is 7.20. The maximum atomic E-state index is 12.2. The Labute approximate surface area is 131 Å². The molecular formula is C17H25NO4. The Morgan fingerprint density at radius 3 is 2.05 bits per heavy atom. The largest absolute Gasteiger partial charge is 0.479 e. The van der Waals surface area contributed by atoms with Crippen molar-refractivity contribution >= 4 is 12.1 Å². The van der Waals surface area contributed by atoms with E-state index >= 15 is 0 Å². The standard InChI is InChI=1S/C17H25NO4/c1-10-8-12(3)13(9-11(10)2)14(15(19)20)18(7)16(21)22-17(4,5)6/h8-9,14H,1-7H3,(H,19,20). The van der Waals surface area contributed by atoms with E-state index in [1.807, 2.05) is 32.9 Å². The summed E-state index contributed by atoms with van der Waals surface area (Å²) in [6.07, 6.45) is -0.655. The molecule has 0 aliphatic rings. The predicted octanol–water partition coefficient (Wildman–Crippen LogP) is 3.60. The van der Waals surface area contributed by atoms with Crippen LogP contribution in [0.15, 0.2) is 12.1 Å². The Balaban J connectivity index is 3.22. The van der Waals surface area contributed by atoms with Crippen LogP contribution in [-0.4, -0.2) is 34.7 Å². The fourth-order valence-electron chi connectivity index (χ4n) is 2.22. The van der Waals surface area contributed by atoms with Crippen LogP contribution in [-0.2, 0) is 9.53 Å². The lowest BCUT2D eigenvalue weighted by atomic mass is 9.95. The zero-order valence-corrected chi connectivity index (χ0v) is 14.4. The van der Waals surface area contributed by atoms with Crippen LogP contribution >= 0.6 is 0 Å². The quantitative estimate of drug-likeness (QED) is 0.926. The van der Waals surface area contributed by atoms with Crippen molar-refractivity contribution in [3.63, 3.8) is 0 Å². The summed E-state index contributed by atoms with van der Waals surface area (Å²) in [5.74, 6) is -1.08. The van der Waals surface area contributed by atoms with Gasteiger partial charge in [-0.2, -0.15) is 0 Å². The minimum Gasteiger partial charge on any atom is -0.479 e. The van der Waals surface area contributed by atoms with E-state index in [-0.39, 0.29) is 0 Å². The molecule has 1 rings (SSSR count). The first-order valence-corrected chi connectivity index (χ1v) is 7.20. The van der Waals surface area contributed by atoms with Gasteiger partial charge in [0, 0.05) is 7.05 Å². The molecule has 0 fully saturated rings. The summed E-state index contributed by atoms with van der Waals surface area (Å²) in [5, 5.41) is 9.58. The van der Waals surface area contributed by atoms with E-state index in [4.69, 9.17) is 4.74 Å². The van der Waals surface area contributed by atoms with Gasteiger partial charge in [-0.1, -0.05) is 12.1 Å². The Morgan fingerprint density at radius 1 is 1.09 bits per heavy atom. The first-order chi connectivity index (χ1) is 9.94. The van der Waals surface area contributed by atoms with Crippen LogP contribution in [0.25, 0.3) is 0 Å². The number of hydrogen-bond acceptors (Lipinski definition) is 3. The third kappa shape index (κ3) is 4.23. The predicted molar refractivity (Wildman–Crippen MR) is 85.0 cm³/mol. The average molecular weight is 307 g/mol. The van der Waals surface area contributed by atoms with Gasteiger partial charge in [-0.3, -0.25) is 4.90 Å². The molecule has 1 aromatic rings. The molecule has 1 aromatic carbocycles. The summed E-state index contributed by atoms with van der Waals surface area (Å²) >= 11 is 0. The highest BCUT2D eigenvalue weighted by Crippen LogP contribution is 2.27. The number of hydrogen-bond donors (Lipinski definition) is 1. The van der Waals surface area contributed by atoms with Crippen LogP contribution < -0.4 is 0 Å². The van der Waals surface area contributed by atoms with Crippen LogP contribution in [0.3, 0.4) is 0 Å². The number of carbonyl (C=O) groups excluding carboxylic acids is 1. The number of benzene rings is 1. The Kier molecular flexibility index (Phi) is 5.22. The van der Waals surface area contributed by atoms with Crippen molar-refractivity contribution in [2.24, 2.45) is 0 Å². The molecule has 0 saturated carbocycles. The minimum absolute atomic E-state index is 0.601. The molecule has 0 radical (unpaired) electrons. The third-order valence-electron chi connectivity index (χ3n) is 3.48. The van der Waals surface area contributed by atoms with E-state index < -0.39 is 23.7 Å². The summed E-state index contributed by atoms with van der Waals surface area (Å²) in [7, 11) is 1.45. The molecule has 1 N–H and O–H groups in total. The van der Waals surface area contributed by atoms with Crippen molar-refractivity contribution in [2.45, 2.75) is 53.2 Å². The highest BCUT2D eigenvalue weighted by molar-refractivity contribution is 5.82. The highest BCUT2D eigenvalue weighted by Gasteiger charge is 2.32. The maximum absolute atomic E-state index is 12.2. The number of carboxylic acid groups (broad SMARTS) is 1. The van der Waals surface area contributed by atoms with E-state index in [1.165, 1.54) is 7.05 Å². The Bertz CT molecular complexity index is 587. The Morgan fingerprint density at radius 2 is 1.59 bits per heavy atom. The number of rotatable bonds is 3. The molecule has 0 bridgehead atoms. The Hall–Kier alpha value is -2.04. The SMILES string of the molecule is Cc1cc(C)c(C(C(=O)O)N(C)C(=O)OC(C)(C)C)cc1C. The minimum atomic E-state index is -1.08. The molecule has 0 heterocycles. The highest BCUT2D eigenvalue weighted by atomic mass is 16.6. The second kappa shape index (κ2) is 6.38. The summed E-state index contributed by atoms with van der Waals surface area (Å²) in [5.41, 5.74) is 2.84. The second-order valence-electron chi connectivity index (χ2n) is 6.63. The van der Waals surface area contributed by atoms with Gasteiger partial charge in [-0.25, -0.2) is 9.59 Å². The van der Waals surface area contributed by atoms with Gasteiger partial charge in [0.1, 0.15) is 5.60 Å². The van der Waals surface area contributed by atoms with Crippen LogP contribution in [0.2, 0.25) is 0 Å². The van der Waals surface area contributed by atoms with Gasteiger partial charge in [0.2, 0.25) is 0 Å². The van der Waals surface area contributed by atoms with Crippen molar-refractivity contribution in [3.05, 3.63) is 34.4 Å². The third-order valence-corrected chi connectivity index (χ3v) is 3.48.